The van der Waals surface area contributed by atoms with Crippen molar-refractivity contribution in [3.05, 3.63) is 0 Å². The van der Waals surface area contributed by atoms with Crippen molar-refractivity contribution in [1.82, 2.24) is 5.32 Å². The number of carbonyl (C=O) groups excluding carboxylic acids is 2. The number of halogens is 1. The van der Waals surface area contributed by atoms with Crippen LogP contribution in [-0.4, -0.2) is 16.3 Å². The van der Waals surface area contributed by atoms with E-state index in [2.05, 4.69) is 85.2 Å². The number of rotatable bonds is 38. The second-order valence-corrected chi connectivity index (χ2v) is 19.6. The first-order valence-electron chi connectivity index (χ1n) is 28.3. The van der Waals surface area contributed by atoms with E-state index in [0.29, 0.717) is 12.8 Å². The van der Waals surface area contributed by atoms with Gasteiger partial charge >= 0.3 is 6.03 Å². The van der Waals surface area contributed by atoms with Crippen molar-refractivity contribution in [2.24, 2.45) is 5.73 Å². The maximum Gasteiger partial charge on any atom is 0.318 e. The van der Waals surface area contributed by atoms with Gasteiger partial charge in [0, 0.05) is 0 Å². The van der Waals surface area contributed by atoms with Crippen LogP contribution >= 0.6 is 15.9 Å². The fraction of sp³-hybridized carbons (Fsp3) is 0.965. The third-order valence-corrected chi connectivity index (χ3v) is 13.0. The van der Waals surface area contributed by atoms with Gasteiger partial charge in [-0.15, -0.1) is 0 Å². The molecule has 0 rings (SSSR count). The van der Waals surface area contributed by atoms with E-state index < -0.39 is 10.4 Å². The minimum atomic E-state index is -0.814. The van der Waals surface area contributed by atoms with Crippen molar-refractivity contribution in [3.63, 3.8) is 0 Å². The average molecular weight is 949 g/mol. The Morgan fingerprint density at radius 1 is 0.306 bits per heavy atom. The molecule has 3 amide bonds. The van der Waals surface area contributed by atoms with Gasteiger partial charge in [0.2, 0.25) is 5.91 Å². The molecular weight excluding hydrogens is 825 g/mol. The van der Waals surface area contributed by atoms with Crippen LogP contribution in [0.1, 0.15) is 353 Å². The number of primary amides is 1. The zero-order valence-corrected chi connectivity index (χ0v) is 47.1. The summed E-state index contributed by atoms with van der Waals surface area (Å²) in [6, 6.07) is -0.814. The number of nitrogens with one attached hydrogen (secondary N) is 1. The fourth-order valence-electron chi connectivity index (χ4n) is 6.83. The van der Waals surface area contributed by atoms with Crippen molar-refractivity contribution >= 4 is 27.9 Å². The molecule has 0 aliphatic carbocycles. The van der Waals surface area contributed by atoms with Crippen LogP contribution < -0.4 is 11.1 Å². The van der Waals surface area contributed by atoms with Gasteiger partial charge in [0.15, 0.2) is 0 Å². The fourth-order valence-corrected chi connectivity index (χ4v) is 6.93. The molecule has 4 nitrogen and oxygen atoms in total. The van der Waals surface area contributed by atoms with Gasteiger partial charge in [-0.2, -0.15) is 0 Å². The molecule has 0 aliphatic heterocycles. The first kappa shape index (κ1) is 73.0. The highest BCUT2D eigenvalue weighted by Crippen LogP contribution is 2.26. The van der Waals surface area contributed by atoms with Gasteiger partial charge in [-0.05, 0) is 12.8 Å². The second kappa shape index (κ2) is 72.0. The van der Waals surface area contributed by atoms with E-state index in [1.165, 1.54) is 257 Å². The molecule has 3 N–H and O–H groups in total. The Balaban J connectivity index is -0.000000152. The van der Waals surface area contributed by atoms with E-state index in [0.717, 1.165) is 0 Å². The molecule has 0 bridgehead atoms. The second-order valence-electron chi connectivity index (χ2n) is 18.1. The zero-order valence-electron chi connectivity index (χ0n) is 45.5. The SMILES string of the molecule is CCC(Br)(CC)C(=O)NC(N)=O.CCCCCCCCCC.CCCCCCCCCC.CCCCCCCCCC.CCCCCCCCCC.CCCCCCCCCC. The van der Waals surface area contributed by atoms with E-state index in [4.69, 9.17) is 5.73 Å². The Bertz CT molecular complexity index is 609. The van der Waals surface area contributed by atoms with Crippen LogP contribution in [0.5, 0.6) is 0 Å². The molecule has 0 saturated heterocycles. The van der Waals surface area contributed by atoms with Crippen LogP contribution in [-0.2, 0) is 4.79 Å². The normalized spacial score (nSPS) is 10.3. The van der Waals surface area contributed by atoms with Crippen molar-refractivity contribution in [3.8, 4) is 0 Å². The lowest BCUT2D eigenvalue weighted by Gasteiger charge is -2.21. The van der Waals surface area contributed by atoms with Crippen LogP contribution in [0.2, 0.25) is 0 Å². The number of urea groups is 1. The Labute approximate surface area is 403 Å². The Morgan fingerprint density at radius 3 is 0.532 bits per heavy atom. The number of carbonyl (C=O) groups is 2. The summed E-state index contributed by atoms with van der Waals surface area (Å²) in [7, 11) is 0. The van der Waals surface area contributed by atoms with Crippen molar-refractivity contribution < 1.29 is 9.59 Å². The molecule has 0 fully saturated rings. The topological polar surface area (TPSA) is 72.2 Å². The molecule has 0 aromatic rings. The molecule has 0 atom stereocenters. The third kappa shape index (κ3) is 79.8. The van der Waals surface area contributed by atoms with Crippen LogP contribution in [0.3, 0.4) is 0 Å². The average Bonchev–Trinajstić information content (AvgIpc) is 3.27. The summed E-state index contributed by atoms with van der Waals surface area (Å²) in [6.07, 6.45) is 58.5. The van der Waals surface area contributed by atoms with E-state index in [1.807, 2.05) is 19.2 Å². The highest BCUT2D eigenvalue weighted by molar-refractivity contribution is 9.10. The molecule has 0 radical (unpaired) electrons. The summed E-state index contributed by atoms with van der Waals surface area (Å²) >= 11 is 3.26. The lowest BCUT2D eigenvalue weighted by Crippen LogP contribution is -2.46. The molecule has 0 heterocycles. The summed E-state index contributed by atoms with van der Waals surface area (Å²) in [4.78, 5) is 21.6. The standard InChI is InChI=1S/5C10H22.C7H13BrN2O2/c5*1-3-5-7-9-10-8-6-4-2;1-3-7(8,4-2)5(11)10-6(9)12/h5*3-10H2,1-2H3;3-4H2,1-2H3,(H3,9,10,11,12). The molecule has 0 saturated carbocycles. The summed E-state index contributed by atoms with van der Waals surface area (Å²) < 4.78 is -0.665. The van der Waals surface area contributed by atoms with Gasteiger partial charge in [0.05, 0.1) is 0 Å². The third-order valence-electron chi connectivity index (χ3n) is 11.6. The number of hydrogen-bond donors (Lipinski definition) is 2. The van der Waals surface area contributed by atoms with Gasteiger partial charge in [0.25, 0.3) is 0 Å². The Hall–Kier alpha value is -0.580. The molecule has 5 heteroatoms. The van der Waals surface area contributed by atoms with E-state index in [1.54, 1.807) is 0 Å². The highest BCUT2D eigenvalue weighted by Gasteiger charge is 2.32. The summed E-state index contributed by atoms with van der Waals surface area (Å²) in [5.74, 6) is -0.375. The number of hydrogen-bond acceptors (Lipinski definition) is 2. The van der Waals surface area contributed by atoms with Crippen molar-refractivity contribution in [1.29, 1.82) is 0 Å². The van der Waals surface area contributed by atoms with Gasteiger partial charge in [-0.3, -0.25) is 10.1 Å². The number of amides is 3. The van der Waals surface area contributed by atoms with E-state index in [9.17, 15) is 9.59 Å². The number of nitrogens with two attached hydrogens (primary N) is 1. The monoisotopic (exact) mass is 947 g/mol. The number of imide groups is 1. The van der Waals surface area contributed by atoms with E-state index in [-0.39, 0.29) is 5.91 Å². The molecule has 0 aromatic heterocycles. The summed E-state index contributed by atoms with van der Waals surface area (Å²) in [6.45, 7) is 26.4. The Kier molecular flexibility index (Phi) is 84.8. The van der Waals surface area contributed by atoms with Crippen LogP contribution in [0.15, 0.2) is 0 Å². The smallest absolute Gasteiger partial charge is 0.318 e. The lowest BCUT2D eigenvalue weighted by molar-refractivity contribution is -0.122. The lowest BCUT2D eigenvalue weighted by atomic mass is 10.0. The minimum Gasteiger partial charge on any atom is -0.351 e. The zero-order chi connectivity index (χ0) is 48.1. The van der Waals surface area contributed by atoms with Crippen LogP contribution in [0.4, 0.5) is 4.79 Å². The van der Waals surface area contributed by atoms with Gasteiger partial charge in [-0.25, -0.2) is 4.79 Å². The maximum absolute atomic E-state index is 11.3. The van der Waals surface area contributed by atoms with Gasteiger partial charge in [0.1, 0.15) is 4.32 Å². The summed E-state index contributed by atoms with van der Waals surface area (Å²) in [5.41, 5.74) is 4.81. The molecule has 62 heavy (non-hydrogen) atoms. The molecular formula is C57H123BrN2O2. The molecule has 0 spiro atoms. The van der Waals surface area contributed by atoms with Crippen LogP contribution in [0, 0.1) is 0 Å². The predicted octanol–water partition coefficient (Wildman–Crippen LogP) is 21.9. The van der Waals surface area contributed by atoms with E-state index >= 15 is 0 Å². The summed E-state index contributed by atoms with van der Waals surface area (Å²) in [5, 5.41) is 2.04. The quantitative estimate of drug-likeness (QED) is 0.0478. The largest absolute Gasteiger partial charge is 0.351 e. The molecule has 0 aliphatic rings. The van der Waals surface area contributed by atoms with Crippen molar-refractivity contribution in [2.75, 3.05) is 0 Å². The van der Waals surface area contributed by atoms with Gasteiger partial charge in [-0.1, -0.05) is 356 Å². The highest BCUT2D eigenvalue weighted by atomic mass is 79.9. The predicted molar refractivity (Wildman–Crippen MR) is 291 cm³/mol. The first-order chi connectivity index (χ1) is 30.0. The first-order valence-corrected chi connectivity index (χ1v) is 29.1. The molecule has 0 aromatic carbocycles. The maximum atomic E-state index is 11.3. The van der Waals surface area contributed by atoms with Crippen molar-refractivity contribution in [2.45, 2.75) is 357 Å². The molecule has 380 valence electrons. The Morgan fingerprint density at radius 2 is 0.435 bits per heavy atom. The minimum absolute atomic E-state index is 0.375. The molecule has 0 unspecified atom stereocenters. The van der Waals surface area contributed by atoms with Crippen LogP contribution in [0.25, 0.3) is 0 Å². The number of unbranched alkanes of at least 4 members (excludes halogenated alkanes) is 35. The number of alkyl halides is 1. The van der Waals surface area contributed by atoms with Gasteiger partial charge < -0.3 is 5.73 Å².